The number of carbonyl (C=O) groups is 1. The van der Waals surface area contributed by atoms with Gasteiger partial charge in [0.05, 0.1) is 12.8 Å². The summed E-state index contributed by atoms with van der Waals surface area (Å²) >= 11 is 0. The highest BCUT2D eigenvalue weighted by molar-refractivity contribution is 5.91. The fourth-order valence-corrected chi connectivity index (χ4v) is 2.19. The molecule has 6 heteroatoms. The summed E-state index contributed by atoms with van der Waals surface area (Å²) < 4.78 is 6.76. The monoisotopic (exact) mass is 308 g/mol. The lowest BCUT2D eigenvalue weighted by Gasteiger charge is -2.12. The van der Waals surface area contributed by atoms with Gasteiger partial charge in [0.25, 0.3) is 0 Å². The summed E-state index contributed by atoms with van der Waals surface area (Å²) in [7, 11) is 1.61. The third kappa shape index (κ3) is 3.06. The molecule has 0 saturated carbocycles. The molecule has 3 rings (SSSR count). The lowest BCUT2D eigenvalue weighted by molar-refractivity contribution is 0.100. The molecule has 116 valence electrons. The first kappa shape index (κ1) is 14.8. The van der Waals surface area contributed by atoms with Gasteiger partial charge in [0.1, 0.15) is 5.75 Å². The van der Waals surface area contributed by atoms with E-state index in [0.717, 1.165) is 17.0 Å². The van der Waals surface area contributed by atoms with Gasteiger partial charge in [0, 0.05) is 12.5 Å². The van der Waals surface area contributed by atoms with Crippen LogP contribution in [0.2, 0.25) is 0 Å². The van der Waals surface area contributed by atoms with Crippen LogP contribution in [0.15, 0.2) is 54.6 Å². The zero-order valence-corrected chi connectivity index (χ0v) is 12.9. The van der Waals surface area contributed by atoms with Gasteiger partial charge < -0.3 is 4.74 Å². The van der Waals surface area contributed by atoms with E-state index in [1.165, 1.54) is 6.92 Å². The van der Waals surface area contributed by atoms with Gasteiger partial charge >= 0.3 is 0 Å². The maximum absolute atomic E-state index is 11.8. The van der Waals surface area contributed by atoms with Crippen molar-refractivity contribution in [2.75, 3.05) is 12.5 Å². The number of ketones is 1. The topological polar surface area (TPSA) is 69.0 Å². The van der Waals surface area contributed by atoms with Crippen LogP contribution in [0.4, 0.5) is 5.69 Å². The molecule has 23 heavy (non-hydrogen) atoms. The number of nitrogens with zero attached hydrogens (tertiary/aromatic N) is 3. The molecule has 1 N–H and O–H groups in total. The summed E-state index contributed by atoms with van der Waals surface area (Å²) in [4.78, 5) is 11.8. The van der Waals surface area contributed by atoms with E-state index in [1.807, 2.05) is 54.6 Å². The fourth-order valence-electron chi connectivity index (χ4n) is 2.19. The van der Waals surface area contributed by atoms with Crippen molar-refractivity contribution in [1.29, 1.82) is 0 Å². The molecule has 1 aromatic heterocycles. The Morgan fingerprint density at radius 3 is 2.35 bits per heavy atom. The minimum Gasteiger partial charge on any atom is -0.497 e. The van der Waals surface area contributed by atoms with Gasteiger partial charge in [-0.3, -0.25) is 10.2 Å². The van der Waals surface area contributed by atoms with Crippen molar-refractivity contribution in [3.8, 4) is 17.1 Å². The summed E-state index contributed by atoms with van der Waals surface area (Å²) in [6.45, 7) is 1.46. The zero-order valence-electron chi connectivity index (χ0n) is 12.9. The first-order valence-corrected chi connectivity index (χ1v) is 7.12. The van der Waals surface area contributed by atoms with Crippen molar-refractivity contribution in [3.05, 3.63) is 60.4 Å². The lowest BCUT2D eigenvalue weighted by Crippen LogP contribution is -2.16. The Labute approximate surface area is 133 Å². The van der Waals surface area contributed by atoms with E-state index >= 15 is 0 Å². The third-order valence-corrected chi connectivity index (χ3v) is 3.34. The molecular formula is C17H16N4O2. The predicted molar refractivity (Wildman–Crippen MR) is 87.5 cm³/mol. The number of nitrogens with one attached hydrogen (secondary N) is 1. The summed E-state index contributed by atoms with van der Waals surface area (Å²) in [6, 6.07) is 17.0. The SMILES string of the molecule is COc1ccc(-c2nnc(C(C)=O)n2Nc2ccccc2)cc1. The van der Waals surface area contributed by atoms with E-state index in [-0.39, 0.29) is 11.6 Å². The molecular weight excluding hydrogens is 292 g/mol. The van der Waals surface area contributed by atoms with Gasteiger partial charge in [0.2, 0.25) is 5.82 Å². The molecule has 0 unspecified atom stereocenters. The quantitative estimate of drug-likeness (QED) is 0.734. The van der Waals surface area contributed by atoms with Gasteiger partial charge in [-0.25, -0.2) is 4.68 Å². The molecule has 0 amide bonds. The molecule has 0 aliphatic heterocycles. The number of hydrogen-bond acceptors (Lipinski definition) is 5. The van der Waals surface area contributed by atoms with Crippen LogP contribution in [0.5, 0.6) is 5.75 Å². The van der Waals surface area contributed by atoms with E-state index in [2.05, 4.69) is 15.6 Å². The Bertz CT molecular complexity index is 810. The Morgan fingerprint density at radius 1 is 1.04 bits per heavy atom. The second-order valence-electron chi connectivity index (χ2n) is 4.95. The van der Waals surface area contributed by atoms with Crippen LogP contribution in [0.3, 0.4) is 0 Å². The molecule has 0 aliphatic carbocycles. The van der Waals surface area contributed by atoms with Crippen molar-refractivity contribution in [2.45, 2.75) is 6.92 Å². The molecule has 0 bridgehead atoms. The summed E-state index contributed by atoms with van der Waals surface area (Å²) in [5, 5.41) is 8.15. The van der Waals surface area contributed by atoms with Gasteiger partial charge in [-0.1, -0.05) is 18.2 Å². The number of Topliss-reactive ketones (excluding diaryl/α,β-unsaturated/α-hetero) is 1. The molecule has 0 fully saturated rings. The first-order valence-electron chi connectivity index (χ1n) is 7.12. The Kier molecular flexibility index (Phi) is 4.05. The average Bonchev–Trinajstić information content (AvgIpc) is 2.99. The predicted octanol–water partition coefficient (Wildman–Crippen LogP) is 3.03. The number of hydrogen-bond donors (Lipinski definition) is 1. The number of carbonyl (C=O) groups excluding carboxylic acids is 1. The van der Waals surface area contributed by atoms with Gasteiger partial charge in [0.15, 0.2) is 11.6 Å². The van der Waals surface area contributed by atoms with Crippen molar-refractivity contribution in [1.82, 2.24) is 14.9 Å². The molecule has 0 spiro atoms. The molecule has 0 aliphatic rings. The van der Waals surface area contributed by atoms with E-state index in [9.17, 15) is 4.79 Å². The minimum absolute atomic E-state index is 0.166. The standard InChI is InChI=1S/C17H16N4O2/c1-12(22)16-18-19-17(13-8-10-15(23-2)11-9-13)21(16)20-14-6-4-3-5-7-14/h3-11,20H,1-2H3. The molecule has 2 aromatic carbocycles. The second-order valence-corrected chi connectivity index (χ2v) is 4.95. The van der Waals surface area contributed by atoms with Gasteiger partial charge in [-0.05, 0) is 36.4 Å². The highest BCUT2D eigenvalue weighted by atomic mass is 16.5. The number of ether oxygens (including phenoxy) is 1. The maximum atomic E-state index is 11.8. The van der Waals surface area contributed by atoms with Crippen LogP contribution in [-0.2, 0) is 0 Å². The molecule has 0 atom stereocenters. The number of benzene rings is 2. The van der Waals surface area contributed by atoms with Crippen molar-refractivity contribution >= 4 is 11.5 Å². The van der Waals surface area contributed by atoms with E-state index in [4.69, 9.17) is 4.74 Å². The second kappa shape index (κ2) is 6.31. The van der Waals surface area contributed by atoms with Crippen LogP contribution >= 0.6 is 0 Å². The average molecular weight is 308 g/mol. The smallest absolute Gasteiger partial charge is 0.219 e. The number of para-hydroxylation sites is 1. The minimum atomic E-state index is -0.166. The number of rotatable bonds is 5. The fraction of sp³-hybridized carbons (Fsp3) is 0.118. The van der Waals surface area contributed by atoms with E-state index in [0.29, 0.717) is 5.82 Å². The van der Waals surface area contributed by atoms with Crippen LogP contribution in [0, 0.1) is 0 Å². The van der Waals surface area contributed by atoms with Crippen molar-refractivity contribution in [3.63, 3.8) is 0 Å². The Morgan fingerprint density at radius 2 is 1.74 bits per heavy atom. The lowest BCUT2D eigenvalue weighted by atomic mass is 10.2. The van der Waals surface area contributed by atoms with Crippen LogP contribution in [0.25, 0.3) is 11.4 Å². The number of methoxy groups -OCH3 is 1. The Hall–Kier alpha value is -3.15. The highest BCUT2D eigenvalue weighted by Gasteiger charge is 2.17. The zero-order chi connectivity index (χ0) is 16.2. The highest BCUT2D eigenvalue weighted by Crippen LogP contribution is 2.22. The Balaban J connectivity index is 2.04. The van der Waals surface area contributed by atoms with Gasteiger partial charge in [-0.15, -0.1) is 10.2 Å². The number of aromatic nitrogens is 3. The molecule has 6 nitrogen and oxygen atoms in total. The number of anilines is 1. The molecule has 3 aromatic rings. The molecule has 0 radical (unpaired) electrons. The van der Waals surface area contributed by atoms with E-state index in [1.54, 1.807) is 11.8 Å². The van der Waals surface area contributed by atoms with Crippen LogP contribution < -0.4 is 10.2 Å². The van der Waals surface area contributed by atoms with E-state index < -0.39 is 0 Å². The third-order valence-electron chi connectivity index (χ3n) is 3.34. The molecule has 1 heterocycles. The van der Waals surface area contributed by atoms with Crippen molar-refractivity contribution in [2.24, 2.45) is 0 Å². The largest absolute Gasteiger partial charge is 0.497 e. The van der Waals surface area contributed by atoms with Crippen molar-refractivity contribution < 1.29 is 9.53 Å². The summed E-state index contributed by atoms with van der Waals surface area (Å²) in [5.74, 6) is 1.39. The normalized spacial score (nSPS) is 10.3. The summed E-state index contributed by atoms with van der Waals surface area (Å²) in [6.07, 6.45) is 0. The van der Waals surface area contributed by atoms with Gasteiger partial charge in [-0.2, -0.15) is 0 Å². The van der Waals surface area contributed by atoms with Crippen LogP contribution in [0.1, 0.15) is 17.5 Å². The summed E-state index contributed by atoms with van der Waals surface area (Å²) in [5.41, 5.74) is 4.83. The first-order chi connectivity index (χ1) is 11.2. The van der Waals surface area contributed by atoms with Crippen LogP contribution in [-0.4, -0.2) is 27.8 Å². The maximum Gasteiger partial charge on any atom is 0.219 e. The molecule has 0 saturated heterocycles.